The Hall–Kier alpha value is -2.77. The van der Waals surface area contributed by atoms with Crippen molar-refractivity contribution in [1.82, 2.24) is 39.7 Å². The Morgan fingerprint density at radius 1 is 1.09 bits per heavy atom. The summed E-state index contributed by atoms with van der Waals surface area (Å²) in [6.07, 6.45) is -4.19. The van der Waals surface area contributed by atoms with E-state index in [0.29, 0.717) is 38.4 Å². The number of hydrogen-bond acceptors (Lipinski definition) is 5. The number of nitrogens with zero attached hydrogens (tertiary/aromatic N) is 7. The molecule has 2 amide bonds. The molecule has 2 spiro atoms. The van der Waals surface area contributed by atoms with Crippen LogP contribution in [-0.4, -0.2) is 85.0 Å². The molecule has 6 rings (SSSR count). The highest BCUT2D eigenvalue weighted by Gasteiger charge is 2.58. The lowest BCUT2D eigenvalue weighted by Gasteiger charge is -2.63. The molecule has 4 aliphatic rings. The van der Waals surface area contributed by atoms with Gasteiger partial charge in [-0.2, -0.15) is 18.3 Å². The monoisotopic (exact) mass is 486 g/mol. The summed E-state index contributed by atoms with van der Waals surface area (Å²) >= 11 is 0. The fraction of sp³-hybridized carbons (Fsp3) is 0.700. The number of carbonyl (C=O) groups is 1. The highest BCUT2D eigenvalue weighted by molar-refractivity contribution is 5.77. The number of nitrogens with one attached hydrogen (secondary N) is 1. The van der Waals surface area contributed by atoms with E-state index in [1.165, 1.54) is 11.0 Å². The van der Waals surface area contributed by atoms with Crippen molar-refractivity contribution in [1.29, 1.82) is 0 Å². The van der Waals surface area contributed by atoms with E-state index in [-0.39, 0.29) is 22.9 Å². The van der Waals surface area contributed by atoms with Gasteiger partial charge in [-0.3, -0.25) is 10.00 Å². The lowest BCUT2D eigenvalue weighted by atomic mass is 9.60. The van der Waals surface area contributed by atoms with Gasteiger partial charge in [-0.15, -0.1) is 5.10 Å². The fourth-order valence-corrected chi connectivity index (χ4v) is 5.99. The molecular weight excluding hydrogens is 463 g/mol. The van der Waals surface area contributed by atoms with Crippen molar-refractivity contribution < 1.29 is 26.7 Å². The van der Waals surface area contributed by atoms with Crippen molar-refractivity contribution in [3.8, 4) is 0 Å². The van der Waals surface area contributed by atoms with Crippen molar-refractivity contribution in [2.24, 2.45) is 10.8 Å². The first kappa shape index (κ1) is 21.7. The number of H-pyrrole nitrogens is 1. The molecule has 3 saturated heterocycles. The number of likely N-dealkylation sites (tertiary alicyclic amines) is 3. The standard InChI is InChI=1S/C20H23F5N8O/c21-15(22)16-26-11-33(29-16)13-2-18(3-13)7-31(8-18)17(34)32-9-19(10-32)5-30(6-19)4-12-1-14(28-27-12)20(23,24)25/h1,11,13,15H,2-10H2,(H,27,28). The molecule has 3 aliphatic heterocycles. The maximum Gasteiger partial charge on any atom is 0.435 e. The zero-order valence-corrected chi connectivity index (χ0v) is 18.1. The lowest BCUT2D eigenvalue weighted by Crippen LogP contribution is -2.75. The van der Waals surface area contributed by atoms with Gasteiger partial charge < -0.3 is 9.80 Å². The highest BCUT2D eigenvalue weighted by atomic mass is 19.4. The van der Waals surface area contributed by atoms with E-state index in [1.807, 2.05) is 14.7 Å². The second kappa shape index (κ2) is 7.12. The van der Waals surface area contributed by atoms with Crippen LogP contribution in [0.25, 0.3) is 0 Å². The molecule has 184 valence electrons. The molecule has 9 nitrogen and oxygen atoms in total. The van der Waals surface area contributed by atoms with Crippen LogP contribution < -0.4 is 0 Å². The molecule has 1 saturated carbocycles. The average molecular weight is 486 g/mol. The predicted octanol–water partition coefficient (Wildman–Crippen LogP) is 2.53. The van der Waals surface area contributed by atoms with Crippen molar-refractivity contribution in [2.45, 2.75) is 38.0 Å². The van der Waals surface area contributed by atoms with E-state index >= 15 is 0 Å². The van der Waals surface area contributed by atoms with Gasteiger partial charge in [-0.1, -0.05) is 0 Å². The summed E-state index contributed by atoms with van der Waals surface area (Å²) in [6.45, 7) is 4.48. The van der Waals surface area contributed by atoms with E-state index in [4.69, 9.17) is 0 Å². The van der Waals surface area contributed by atoms with Crippen LogP contribution in [0.3, 0.4) is 0 Å². The summed E-state index contributed by atoms with van der Waals surface area (Å²) < 4.78 is 64.8. The van der Waals surface area contributed by atoms with Crippen molar-refractivity contribution in [3.05, 3.63) is 29.6 Å². The third-order valence-corrected chi connectivity index (χ3v) is 7.51. The van der Waals surface area contributed by atoms with Gasteiger partial charge in [-0.05, 0) is 18.9 Å². The molecule has 0 radical (unpaired) electrons. The maximum atomic E-state index is 12.8. The normalized spacial score (nSPS) is 23.7. The molecule has 1 N–H and O–H groups in total. The first-order chi connectivity index (χ1) is 16.0. The van der Waals surface area contributed by atoms with E-state index in [1.54, 1.807) is 0 Å². The number of aromatic amines is 1. The fourth-order valence-electron chi connectivity index (χ4n) is 5.99. The Balaban J connectivity index is 0.924. The van der Waals surface area contributed by atoms with Crippen LogP contribution in [0.15, 0.2) is 12.4 Å². The number of halogens is 5. The first-order valence-corrected chi connectivity index (χ1v) is 11.1. The van der Waals surface area contributed by atoms with Crippen molar-refractivity contribution in [2.75, 3.05) is 39.3 Å². The van der Waals surface area contributed by atoms with Gasteiger partial charge in [0.1, 0.15) is 6.33 Å². The highest BCUT2D eigenvalue weighted by Crippen LogP contribution is 2.54. The number of rotatable bonds is 4. The minimum absolute atomic E-state index is 0.0160. The smallest absolute Gasteiger partial charge is 0.323 e. The van der Waals surface area contributed by atoms with E-state index in [0.717, 1.165) is 32.0 Å². The molecule has 5 heterocycles. The third kappa shape index (κ3) is 3.53. The van der Waals surface area contributed by atoms with Crippen LogP contribution in [0.4, 0.5) is 26.7 Å². The lowest BCUT2D eigenvalue weighted by molar-refractivity contribution is -0.141. The van der Waals surface area contributed by atoms with Crippen LogP contribution in [-0.2, 0) is 12.7 Å². The maximum absolute atomic E-state index is 12.8. The van der Waals surface area contributed by atoms with Gasteiger partial charge in [0.15, 0.2) is 5.69 Å². The molecule has 1 aliphatic carbocycles. The van der Waals surface area contributed by atoms with Gasteiger partial charge >= 0.3 is 12.2 Å². The number of carbonyl (C=O) groups excluding carboxylic acids is 1. The first-order valence-electron chi connectivity index (χ1n) is 11.1. The number of alkyl halides is 5. The number of hydrogen-bond donors (Lipinski definition) is 1. The summed E-state index contributed by atoms with van der Waals surface area (Å²) in [7, 11) is 0. The van der Waals surface area contributed by atoms with Gasteiger partial charge in [0.25, 0.3) is 6.43 Å². The quantitative estimate of drug-likeness (QED) is 0.672. The second-order valence-electron chi connectivity index (χ2n) is 10.4. The van der Waals surface area contributed by atoms with E-state index in [2.05, 4.69) is 20.3 Å². The largest absolute Gasteiger partial charge is 0.435 e. The molecule has 2 aromatic heterocycles. The molecule has 34 heavy (non-hydrogen) atoms. The molecule has 0 bridgehead atoms. The Morgan fingerprint density at radius 2 is 1.74 bits per heavy atom. The molecule has 0 unspecified atom stereocenters. The van der Waals surface area contributed by atoms with E-state index < -0.39 is 24.1 Å². The van der Waals surface area contributed by atoms with Crippen LogP contribution in [0.1, 0.15) is 42.5 Å². The number of aromatic nitrogens is 5. The van der Waals surface area contributed by atoms with Gasteiger partial charge in [-0.25, -0.2) is 23.2 Å². The zero-order valence-electron chi connectivity index (χ0n) is 18.1. The Kier molecular flexibility index (Phi) is 4.55. The molecule has 2 aromatic rings. The summed E-state index contributed by atoms with van der Waals surface area (Å²) in [4.78, 5) is 22.1. The summed E-state index contributed by atoms with van der Waals surface area (Å²) in [6, 6.07) is 1.10. The average Bonchev–Trinajstić information content (AvgIpc) is 3.29. The minimum Gasteiger partial charge on any atom is -0.323 e. The van der Waals surface area contributed by atoms with Crippen LogP contribution >= 0.6 is 0 Å². The van der Waals surface area contributed by atoms with Gasteiger partial charge in [0.05, 0.1) is 6.04 Å². The van der Waals surface area contributed by atoms with Gasteiger partial charge in [0.2, 0.25) is 5.82 Å². The van der Waals surface area contributed by atoms with Crippen LogP contribution in [0.5, 0.6) is 0 Å². The Morgan fingerprint density at radius 3 is 2.29 bits per heavy atom. The second-order valence-corrected chi connectivity index (χ2v) is 10.4. The molecular formula is C20H23F5N8O. The molecule has 14 heteroatoms. The minimum atomic E-state index is -4.45. The van der Waals surface area contributed by atoms with Crippen LogP contribution in [0, 0.1) is 10.8 Å². The van der Waals surface area contributed by atoms with Crippen molar-refractivity contribution in [3.63, 3.8) is 0 Å². The molecule has 4 fully saturated rings. The SMILES string of the molecule is O=C(N1CC2(CC(n3cnc(C(F)F)n3)C2)C1)N1CC2(CN(Cc3cc(C(F)(F)F)n[nH]3)C2)C1. The van der Waals surface area contributed by atoms with Gasteiger partial charge in [0, 0.05) is 62.3 Å². The Labute approximate surface area is 190 Å². The predicted molar refractivity (Wildman–Crippen MR) is 106 cm³/mol. The third-order valence-electron chi connectivity index (χ3n) is 7.51. The Bertz CT molecular complexity index is 1080. The summed E-state index contributed by atoms with van der Waals surface area (Å²) in [5.41, 5.74) is -0.410. The van der Waals surface area contributed by atoms with Crippen LogP contribution in [0.2, 0.25) is 0 Å². The van der Waals surface area contributed by atoms with Crippen molar-refractivity contribution >= 4 is 6.03 Å². The topological polar surface area (TPSA) is 86.2 Å². The summed E-state index contributed by atoms with van der Waals surface area (Å²) in [5.74, 6) is -0.455. The number of amides is 2. The summed E-state index contributed by atoms with van der Waals surface area (Å²) in [5, 5.41) is 9.61. The molecule has 0 atom stereocenters. The molecule has 0 aromatic carbocycles. The zero-order chi connectivity index (χ0) is 23.9. The van der Waals surface area contributed by atoms with E-state index in [9.17, 15) is 26.7 Å². The number of urea groups is 1.